The van der Waals surface area contributed by atoms with Gasteiger partial charge in [0.2, 0.25) is 5.88 Å². The number of benzene rings is 2. The summed E-state index contributed by atoms with van der Waals surface area (Å²) in [5.41, 5.74) is 5.27. The molecule has 0 amide bonds. The molecule has 5 nitrogen and oxygen atoms in total. The number of phenolic OH excluding ortho intramolecular Hbond substituents is 1. The van der Waals surface area contributed by atoms with E-state index in [9.17, 15) is 9.90 Å². The maximum absolute atomic E-state index is 13.0. The van der Waals surface area contributed by atoms with Gasteiger partial charge in [-0.25, -0.2) is 4.68 Å². The smallest absolute Gasteiger partial charge is 0.222 e. The SMILES string of the molecule is Cc1ccc(O)c([C@H]2C3=C(CCCC3=O)Oc3c2c(C)nn3Cc2ccccc2)c1. The number of Topliss-reactive ketones (excluding diaryl/α,β-unsaturated/α-hetero) is 1. The summed E-state index contributed by atoms with van der Waals surface area (Å²) in [6.07, 6.45) is 2.02. The average Bonchev–Trinajstić information content (AvgIpc) is 3.04. The van der Waals surface area contributed by atoms with Crippen molar-refractivity contribution in [3.63, 3.8) is 0 Å². The van der Waals surface area contributed by atoms with Crippen molar-refractivity contribution < 1.29 is 14.6 Å². The van der Waals surface area contributed by atoms with E-state index < -0.39 is 0 Å². The first kappa shape index (κ1) is 18.7. The minimum atomic E-state index is -0.360. The van der Waals surface area contributed by atoms with Gasteiger partial charge in [-0.15, -0.1) is 0 Å². The molecule has 152 valence electrons. The maximum Gasteiger partial charge on any atom is 0.222 e. The molecular formula is C25H24N2O3. The largest absolute Gasteiger partial charge is 0.508 e. The van der Waals surface area contributed by atoms with Gasteiger partial charge in [0.1, 0.15) is 11.5 Å². The Morgan fingerprint density at radius 2 is 1.93 bits per heavy atom. The minimum Gasteiger partial charge on any atom is -0.508 e. The molecule has 1 aliphatic heterocycles. The van der Waals surface area contributed by atoms with Crippen LogP contribution in [-0.4, -0.2) is 20.7 Å². The van der Waals surface area contributed by atoms with Crippen LogP contribution in [0.1, 0.15) is 53.1 Å². The Morgan fingerprint density at radius 3 is 2.73 bits per heavy atom. The van der Waals surface area contributed by atoms with Crippen LogP contribution in [0.5, 0.6) is 11.6 Å². The van der Waals surface area contributed by atoms with Gasteiger partial charge in [0.15, 0.2) is 5.78 Å². The fourth-order valence-corrected chi connectivity index (χ4v) is 4.62. The van der Waals surface area contributed by atoms with Crippen molar-refractivity contribution in [3.8, 4) is 11.6 Å². The summed E-state index contributed by atoms with van der Waals surface area (Å²) in [5, 5.41) is 15.5. The van der Waals surface area contributed by atoms with Gasteiger partial charge in [-0.2, -0.15) is 5.10 Å². The zero-order valence-electron chi connectivity index (χ0n) is 17.2. The van der Waals surface area contributed by atoms with Gasteiger partial charge in [0, 0.05) is 29.5 Å². The summed E-state index contributed by atoms with van der Waals surface area (Å²) in [5.74, 6) is 1.33. The summed E-state index contributed by atoms with van der Waals surface area (Å²) < 4.78 is 8.21. The Bertz CT molecular complexity index is 1170. The number of carbonyl (C=O) groups excluding carboxylic acids is 1. The molecule has 3 aromatic rings. The van der Waals surface area contributed by atoms with E-state index in [2.05, 4.69) is 12.1 Å². The molecular weight excluding hydrogens is 376 g/mol. The highest BCUT2D eigenvalue weighted by atomic mass is 16.5. The Balaban J connectivity index is 1.71. The number of phenols is 1. The van der Waals surface area contributed by atoms with Gasteiger partial charge in [-0.3, -0.25) is 4.79 Å². The first-order valence-electron chi connectivity index (χ1n) is 10.4. The number of aryl methyl sites for hydroxylation is 2. The van der Waals surface area contributed by atoms with Gasteiger partial charge < -0.3 is 9.84 Å². The molecule has 2 aromatic carbocycles. The van der Waals surface area contributed by atoms with Crippen molar-refractivity contribution in [2.75, 3.05) is 0 Å². The number of hydrogen-bond donors (Lipinski definition) is 1. The van der Waals surface area contributed by atoms with Crippen LogP contribution in [0.2, 0.25) is 0 Å². The molecule has 0 fully saturated rings. The van der Waals surface area contributed by atoms with Crippen LogP contribution in [0.4, 0.5) is 0 Å². The molecule has 1 aliphatic carbocycles. The molecule has 2 heterocycles. The fraction of sp³-hybridized carbons (Fsp3) is 0.280. The third-order valence-corrected chi connectivity index (χ3v) is 6.00. The number of carbonyl (C=O) groups is 1. The van der Waals surface area contributed by atoms with Crippen LogP contribution in [0, 0.1) is 13.8 Å². The van der Waals surface area contributed by atoms with E-state index >= 15 is 0 Å². The third kappa shape index (κ3) is 3.02. The van der Waals surface area contributed by atoms with Gasteiger partial charge in [0.05, 0.1) is 18.2 Å². The maximum atomic E-state index is 13.0. The number of rotatable bonds is 3. The van der Waals surface area contributed by atoms with E-state index in [1.54, 1.807) is 6.07 Å². The number of hydrogen-bond acceptors (Lipinski definition) is 4. The van der Waals surface area contributed by atoms with E-state index in [-0.39, 0.29) is 17.5 Å². The van der Waals surface area contributed by atoms with Crippen molar-refractivity contribution >= 4 is 5.78 Å². The molecule has 5 rings (SSSR count). The van der Waals surface area contributed by atoms with Gasteiger partial charge >= 0.3 is 0 Å². The monoisotopic (exact) mass is 400 g/mol. The number of nitrogens with zero attached hydrogens (tertiary/aromatic N) is 2. The first-order chi connectivity index (χ1) is 14.5. The van der Waals surface area contributed by atoms with Gasteiger partial charge in [0.25, 0.3) is 0 Å². The van der Waals surface area contributed by atoms with Crippen molar-refractivity contribution in [1.82, 2.24) is 9.78 Å². The number of ketones is 1. The van der Waals surface area contributed by atoms with E-state index in [0.717, 1.165) is 46.5 Å². The summed E-state index contributed by atoms with van der Waals surface area (Å²) in [6, 6.07) is 15.7. The van der Waals surface area contributed by atoms with E-state index in [1.807, 2.05) is 48.9 Å². The molecule has 0 spiro atoms. The van der Waals surface area contributed by atoms with E-state index in [0.29, 0.717) is 24.4 Å². The number of aromatic nitrogens is 2. The van der Waals surface area contributed by atoms with Crippen molar-refractivity contribution in [1.29, 1.82) is 0 Å². The molecule has 0 bridgehead atoms. The lowest BCUT2D eigenvalue weighted by molar-refractivity contribution is -0.116. The van der Waals surface area contributed by atoms with Crippen LogP contribution in [0.25, 0.3) is 0 Å². The Hall–Kier alpha value is -3.34. The van der Waals surface area contributed by atoms with Gasteiger partial charge in [-0.05, 0) is 31.9 Å². The van der Waals surface area contributed by atoms with Crippen LogP contribution >= 0.6 is 0 Å². The zero-order valence-corrected chi connectivity index (χ0v) is 17.2. The quantitative estimate of drug-likeness (QED) is 0.687. The molecule has 30 heavy (non-hydrogen) atoms. The van der Waals surface area contributed by atoms with Crippen LogP contribution in [0.15, 0.2) is 59.9 Å². The summed E-state index contributed by atoms with van der Waals surface area (Å²) in [6.45, 7) is 4.52. The Kier molecular flexibility index (Phi) is 4.46. The molecule has 5 heteroatoms. The molecule has 0 saturated carbocycles. The highest BCUT2D eigenvalue weighted by molar-refractivity contribution is 5.99. The van der Waals surface area contributed by atoms with Crippen molar-refractivity contribution in [2.45, 2.75) is 45.6 Å². The average molecular weight is 400 g/mol. The zero-order chi connectivity index (χ0) is 20.8. The summed E-state index contributed by atoms with van der Waals surface area (Å²) in [7, 11) is 0. The Labute approximate surface area is 175 Å². The standard InChI is InChI=1S/C25H24N2O3/c1-15-11-12-19(28)18(13-15)23-22-16(2)26-27(14-17-7-4-3-5-8-17)25(22)30-21-10-6-9-20(29)24(21)23/h3-5,7-8,11-13,23,28H,6,9-10,14H2,1-2H3/t23-/m1/s1. The molecule has 0 saturated heterocycles. The molecule has 0 unspecified atom stereocenters. The Morgan fingerprint density at radius 1 is 1.13 bits per heavy atom. The number of aromatic hydroxyl groups is 1. The normalized spacial score (nSPS) is 18.1. The van der Waals surface area contributed by atoms with Crippen LogP contribution in [0.3, 0.4) is 0 Å². The molecule has 0 radical (unpaired) electrons. The van der Waals surface area contributed by atoms with E-state index in [1.165, 1.54) is 0 Å². The number of allylic oxidation sites excluding steroid dienone is 2. The molecule has 1 N–H and O–H groups in total. The number of ether oxygens (including phenoxy) is 1. The molecule has 1 atom stereocenters. The second-order valence-electron chi connectivity index (χ2n) is 8.16. The highest BCUT2D eigenvalue weighted by Crippen LogP contribution is 2.49. The molecule has 1 aromatic heterocycles. The minimum absolute atomic E-state index is 0.100. The predicted molar refractivity (Wildman–Crippen MR) is 114 cm³/mol. The fourth-order valence-electron chi connectivity index (χ4n) is 4.62. The van der Waals surface area contributed by atoms with Crippen molar-refractivity contribution in [2.24, 2.45) is 0 Å². The van der Waals surface area contributed by atoms with Crippen LogP contribution < -0.4 is 4.74 Å². The third-order valence-electron chi connectivity index (χ3n) is 6.00. The van der Waals surface area contributed by atoms with E-state index in [4.69, 9.17) is 9.84 Å². The lowest BCUT2D eigenvalue weighted by atomic mass is 9.77. The number of fused-ring (bicyclic) bond motifs is 1. The summed E-state index contributed by atoms with van der Waals surface area (Å²) in [4.78, 5) is 13.0. The van der Waals surface area contributed by atoms with Gasteiger partial charge in [-0.1, -0.05) is 48.0 Å². The predicted octanol–water partition coefficient (Wildman–Crippen LogP) is 4.79. The second-order valence-corrected chi connectivity index (χ2v) is 8.16. The highest BCUT2D eigenvalue weighted by Gasteiger charge is 2.41. The topological polar surface area (TPSA) is 64.3 Å². The summed E-state index contributed by atoms with van der Waals surface area (Å²) >= 11 is 0. The second kappa shape index (κ2) is 7.17. The first-order valence-corrected chi connectivity index (χ1v) is 10.4. The lowest BCUT2D eigenvalue weighted by Gasteiger charge is -2.32. The lowest BCUT2D eigenvalue weighted by Crippen LogP contribution is -2.26. The van der Waals surface area contributed by atoms with Crippen molar-refractivity contribution in [3.05, 3.63) is 87.8 Å². The van der Waals surface area contributed by atoms with Crippen LogP contribution in [-0.2, 0) is 11.3 Å². The molecule has 2 aliphatic rings.